The summed E-state index contributed by atoms with van der Waals surface area (Å²) >= 11 is 0. The number of hydrogen-bond acceptors (Lipinski definition) is 6. The number of benzene rings is 2. The van der Waals surface area contributed by atoms with Crippen LogP contribution >= 0.6 is 0 Å². The van der Waals surface area contributed by atoms with Gasteiger partial charge >= 0.3 is 0 Å². The predicted molar refractivity (Wildman–Crippen MR) is 109 cm³/mol. The van der Waals surface area contributed by atoms with Crippen molar-refractivity contribution in [2.24, 2.45) is 0 Å². The summed E-state index contributed by atoms with van der Waals surface area (Å²) < 4.78 is 11.5. The minimum atomic E-state index is -0.306. The van der Waals surface area contributed by atoms with Gasteiger partial charge < -0.3 is 19.5 Å². The zero-order valence-corrected chi connectivity index (χ0v) is 16.5. The van der Waals surface area contributed by atoms with Gasteiger partial charge in [-0.05, 0) is 43.5 Å². The number of piperidine rings is 1. The highest BCUT2D eigenvalue weighted by molar-refractivity contribution is 6.03. The molecule has 0 unspecified atom stereocenters. The molecule has 2 aliphatic rings. The summed E-state index contributed by atoms with van der Waals surface area (Å²) in [5.74, 6) is 0.679. The average molecular weight is 409 g/mol. The highest BCUT2D eigenvalue weighted by atomic mass is 16.5. The lowest BCUT2D eigenvalue weighted by Crippen LogP contribution is -2.47. The normalized spacial score (nSPS) is 17.7. The molecule has 7 heteroatoms. The predicted octanol–water partition coefficient (Wildman–Crippen LogP) is 3.03. The molecule has 2 heterocycles. The first-order valence-electron chi connectivity index (χ1n) is 10.1. The van der Waals surface area contributed by atoms with Gasteiger partial charge in [0, 0.05) is 18.5 Å². The summed E-state index contributed by atoms with van der Waals surface area (Å²) in [6.45, 7) is 1.33. The van der Waals surface area contributed by atoms with Gasteiger partial charge in [-0.25, -0.2) is 0 Å². The van der Waals surface area contributed by atoms with E-state index in [0.29, 0.717) is 42.9 Å². The van der Waals surface area contributed by atoms with Crippen LogP contribution < -0.4 is 9.47 Å². The number of amides is 1. The van der Waals surface area contributed by atoms with Crippen LogP contribution in [0.15, 0.2) is 30.3 Å². The van der Waals surface area contributed by atoms with Crippen LogP contribution in [0.25, 0.3) is 0 Å². The molecule has 0 bridgehead atoms. The average Bonchev–Trinajstić information content (AvgIpc) is 3.25. The number of nitrogens with zero attached hydrogens (tertiary/aromatic N) is 1. The molecule has 0 saturated carbocycles. The van der Waals surface area contributed by atoms with Crippen LogP contribution in [0.5, 0.6) is 17.2 Å². The third-order valence-corrected chi connectivity index (χ3v) is 5.75. The largest absolute Gasteiger partial charge is 0.507 e. The number of aromatic hydroxyl groups is 1. The van der Waals surface area contributed by atoms with Crippen molar-refractivity contribution in [1.29, 1.82) is 0 Å². The number of carbonyl (C=O) groups excluding carboxylic acids is 3. The zero-order valence-electron chi connectivity index (χ0n) is 16.5. The van der Waals surface area contributed by atoms with Crippen LogP contribution in [0, 0.1) is 0 Å². The Labute approximate surface area is 174 Å². The fraction of sp³-hybridized carbons (Fsp3) is 0.348. The summed E-state index contributed by atoms with van der Waals surface area (Å²) in [5.41, 5.74) is 1.53. The maximum Gasteiger partial charge on any atom is 0.255 e. The summed E-state index contributed by atoms with van der Waals surface area (Å²) in [7, 11) is 0. The van der Waals surface area contributed by atoms with Crippen molar-refractivity contribution in [3.63, 3.8) is 0 Å². The third kappa shape index (κ3) is 3.63. The van der Waals surface area contributed by atoms with Gasteiger partial charge in [0.2, 0.25) is 0 Å². The molecule has 4 rings (SSSR count). The number of carbonyl (C=O) groups is 3. The van der Waals surface area contributed by atoms with Crippen molar-refractivity contribution in [2.45, 2.75) is 31.7 Å². The minimum absolute atomic E-state index is 0.00500. The van der Waals surface area contributed by atoms with Crippen LogP contribution in [-0.4, -0.2) is 54.3 Å². The van der Waals surface area contributed by atoms with Crippen molar-refractivity contribution >= 4 is 18.5 Å². The topological polar surface area (TPSA) is 93.1 Å². The molecule has 2 aliphatic heterocycles. The molecular formula is C23H23NO6. The van der Waals surface area contributed by atoms with Crippen LogP contribution in [0.2, 0.25) is 0 Å². The Morgan fingerprint density at radius 1 is 1.17 bits per heavy atom. The number of likely N-dealkylation sites (tertiary alicyclic amines) is 1. The Morgan fingerprint density at radius 2 is 2.00 bits per heavy atom. The molecule has 1 fully saturated rings. The van der Waals surface area contributed by atoms with Crippen LogP contribution in [0.3, 0.4) is 0 Å². The van der Waals surface area contributed by atoms with E-state index in [4.69, 9.17) is 9.47 Å². The highest BCUT2D eigenvalue weighted by Crippen LogP contribution is 2.34. The molecule has 1 N–H and O–H groups in total. The fourth-order valence-corrected chi connectivity index (χ4v) is 4.18. The number of aldehydes is 2. The first kappa shape index (κ1) is 19.9. The van der Waals surface area contributed by atoms with Crippen molar-refractivity contribution in [3.05, 3.63) is 52.6 Å². The zero-order chi connectivity index (χ0) is 21.1. The number of phenolic OH excluding ortho intramolecular Hbond substituents is 1. The van der Waals surface area contributed by atoms with Gasteiger partial charge in [-0.3, -0.25) is 14.4 Å². The van der Waals surface area contributed by atoms with E-state index in [1.165, 1.54) is 6.07 Å². The Balaban J connectivity index is 1.54. The number of hydrogen-bond donors (Lipinski definition) is 1. The second kappa shape index (κ2) is 8.57. The van der Waals surface area contributed by atoms with E-state index < -0.39 is 0 Å². The van der Waals surface area contributed by atoms with Gasteiger partial charge in [-0.1, -0.05) is 6.07 Å². The van der Waals surface area contributed by atoms with E-state index in [1.807, 2.05) is 0 Å². The van der Waals surface area contributed by atoms with E-state index in [-0.39, 0.29) is 35.4 Å². The van der Waals surface area contributed by atoms with E-state index in [1.54, 1.807) is 29.2 Å². The lowest BCUT2D eigenvalue weighted by atomic mass is 9.99. The molecule has 7 nitrogen and oxygen atoms in total. The number of rotatable bonds is 6. The van der Waals surface area contributed by atoms with Crippen LogP contribution in [-0.2, 0) is 6.42 Å². The first-order valence-corrected chi connectivity index (χ1v) is 10.1. The summed E-state index contributed by atoms with van der Waals surface area (Å²) in [4.78, 5) is 37.9. The first-order chi connectivity index (χ1) is 14.6. The second-order valence-corrected chi connectivity index (χ2v) is 7.49. The van der Waals surface area contributed by atoms with E-state index >= 15 is 0 Å². The quantitative estimate of drug-likeness (QED) is 0.738. The van der Waals surface area contributed by atoms with Gasteiger partial charge in [0.1, 0.15) is 23.9 Å². The smallest absolute Gasteiger partial charge is 0.255 e. The Bertz CT molecular complexity index is 986. The molecule has 0 aliphatic carbocycles. The summed E-state index contributed by atoms with van der Waals surface area (Å²) in [5, 5.41) is 9.92. The van der Waals surface area contributed by atoms with Crippen LogP contribution in [0.4, 0.5) is 0 Å². The molecule has 156 valence electrons. The number of phenols is 1. The highest BCUT2D eigenvalue weighted by Gasteiger charge is 2.30. The van der Waals surface area contributed by atoms with E-state index in [9.17, 15) is 19.5 Å². The lowest BCUT2D eigenvalue weighted by molar-refractivity contribution is 0.0525. The Hall–Kier alpha value is -3.35. The van der Waals surface area contributed by atoms with Gasteiger partial charge in [0.15, 0.2) is 12.6 Å². The van der Waals surface area contributed by atoms with Crippen molar-refractivity contribution in [3.8, 4) is 17.2 Å². The standard InChI is InChI=1S/C23H23NO6/c25-12-18-17(5-3-6-20(18)27)23(28)24-10-2-1-4-15(24)14-30-22-8-7-21-16(9-11-29-21)19(22)13-26/h3,5-8,12-13,15,27H,1-2,4,9-11,14H2/t15-/m0/s1. The number of ether oxygens (including phenoxy) is 2. The number of fused-ring (bicyclic) bond motifs is 1. The Kier molecular flexibility index (Phi) is 5.70. The SMILES string of the molecule is O=Cc1c(O)cccc1C(=O)N1CCCC[C@H]1COc1ccc2c(c1C=O)CCO2. The molecule has 2 aromatic carbocycles. The summed E-state index contributed by atoms with van der Waals surface area (Å²) in [6.07, 6.45) is 4.52. The van der Waals surface area contributed by atoms with Crippen molar-refractivity contribution in [2.75, 3.05) is 19.8 Å². The molecule has 0 spiro atoms. The van der Waals surface area contributed by atoms with E-state index in [0.717, 1.165) is 31.1 Å². The molecular weight excluding hydrogens is 386 g/mol. The second-order valence-electron chi connectivity index (χ2n) is 7.49. The van der Waals surface area contributed by atoms with Crippen molar-refractivity contribution < 1.29 is 29.0 Å². The monoisotopic (exact) mass is 409 g/mol. The molecule has 1 amide bonds. The molecule has 1 atom stereocenters. The Morgan fingerprint density at radius 3 is 2.80 bits per heavy atom. The maximum absolute atomic E-state index is 13.2. The van der Waals surface area contributed by atoms with Gasteiger partial charge in [0.25, 0.3) is 5.91 Å². The maximum atomic E-state index is 13.2. The molecule has 1 saturated heterocycles. The van der Waals surface area contributed by atoms with Gasteiger partial charge in [-0.15, -0.1) is 0 Å². The minimum Gasteiger partial charge on any atom is -0.507 e. The molecule has 30 heavy (non-hydrogen) atoms. The summed E-state index contributed by atoms with van der Waals surface area (Å²) in [6, 6.07) is 7.81. The van der Waals surface area contributed by atoms with Crippen LogP contribution in [0.1, 0.15) is 55.9 Å². The van der Waals surface area contributed by atoms with Gasteiger partial charge in [0.05, 0.1) is 29.3 Å². The van der Waals surface area contributed by atoms with Crippen molar-refractivity contribution in [1.82, 2.24) is 4.90 Å². The third-order valence-electron chi connectivity index (χ3n) is 5.75. The molecule has 0 radical (unpaired) electrons. The lowest BCUT2D eigenvalue weighted by Gasteiger charge is -2.36. The fourth-order valence-electron chi connectivity index (χ4n) is 4.18. The van der Waals surface area contributed by atoms with E-state index in [2.05, 4.69) is 0 Å². The van der Waals surface area contributed by atoms with Gasteiger partial charge in [-0.2, -0.15) is 0 Å². The molecule has 2 aromatic rings. The molecule has 0 aromatic heterocycles.